The molecular formula is C36H70O4Sn. The third-order valence-corrected chi connectivity index (χ3v) is 7.88. The van der Waals surface area contributed by atoms with Gasteiger partial charge in [0.05, 0.1) is 13.2 Å². The van der Waals surface area contributed by atoms with Crippen LogP contribution in [0.3, 0.4) is 0 Å². The van der Waals surface area contributed by atoms with Gasteiger partial charge < -0.3 is 9.47 Å². The van der Waals surface area contributed by atoms with Crippen LogP contribution in [0.4, 0.5) is 0 Å². The van der Waals surface area contributed by atoms with Gasteiger partial charge in [0.2, 0.25) is 0 Å². The quantitative estimate of drug-likeness (QED) is 0.0327. The molecule has 0 rings (SSSR count). The fourth-order valence-corrected chi connectivity index (χ4v) is 5.19. The first-order valence-corrected chi connectivity index (χ1v) is 17.7. The van der Waals surface area contributed by atoms with Crippen molar-refractivity contribution in [2.24, 2.45) is 0 Å². The number of hydrogen-bond donors (Lipinski definition) is 0. The van der Waals surface area contributed by atoms with E-state index in [4.69, 9.17) is 9.47 Å². The number of esters is 2. The summed E-state index contributed by atoms with van der Waals surface area (Å²) in [6.07, 6.45) is 29.0. The molecule has 0 N–H and O–H groups in total. The van der Waals surface area contributed by atoms with E-state index in [0.29, 0.717) is 37.2 Å². The molecule has 0 aliphatic heterocycles. The van der Waals surface area contributed by atoms with Crippen LogP contribution in [0.1, 0.15) is 195 Å². The zero-order valence-electron chi connectivity index (χ0n) is 28.1. The number of rotatable bonds is 30. The van der Waals surface area contributed by atoms with Crippen LogP contribution in [0, 0.1) is 0 Å². The van der Waals surface area contributed by atoms with Crippen LogP contribution in [0.15, 0.2) is 11.1 Å². The summed E-state index contributed by atoms with van der Waals surface area (Å²) in [5.74, 6) is -0.556. The first-order valence-electron chi connectivity index (χ1n) is 17.7. The van der Waals surface area contributed by atoms with Crippen molar-refractivity contribution in [2.75, 3.05) is 13.2 Å². The SMILES string of the molecule is CCCCCCCCOC(=O)/C(CCCCCCCC)=C(/CCCCCCCC)C(=O)OCCCCCCCC.[SnH2]. The van der Waals surface area contributed by atoms with E-state index in [0.717, 1.165) is 51.4 Å². The molecule has 0 amide bonds. The van der Waals surface area contributed by atoms with Gasteiger partial charge in [0, 0.05) is 11.1 Å². The van der Waals surface area contributed by atoms with Crippen molar-refractivity contribution < 1.29 is 19.1 Å². The molecule has 0 fully saturated rings. The molecule has 242 valence electrons. The molecule has 0 aliphatic rings. The molecule has 0 bridgehead atoms. The first kappa shape index (κ1) is 42.6. The Bertz CT molecular complexity index is 565. The molecule has 0 spiro atoms. The van der Waals surface area contributed by atoms with Crippen molar-refractivity contribution in [1.82, 2.24) is 0 Å². The standard InChI is InChI=1S/C36H68O4.Sn.2H/c1-5-9-13-17-21-25-29-33(35(37)39-31-27-23-19-15-11-7-3)34(30-26-22-18-14-10-6-2)36(38)40-32-28-24-20-16-12-8-4;;;/h5-32H2,1-4H3;;;/b34-33-;;;. The molecule has 0 aromatic carbocycles. The van der Waals surface area contributed by atoms with Crippen LogP contribution in [-0.4, -0.2) is 49.1 Å². The Labute approximate surface area is 272 Å². The maximum absolute atomic E-state index is 13.4. The number of carbonyl (C=O) groups is 2. The van der Waals surface area contributed by atoms with E-state index in [1.54, 1.807) is 0 Å². The Hall–Kier alpha value is -0.521. The molecule has 41 heavy (non-hydrogen) atoms. The Balaban J connectivity index is 0. The molecule has 0 saturated carbocycles. The molecule has 0 aliphatic carbocycles. The van der Waals surface area contributed by atoms with Crippen molar-refractivity contribution in [3.63, 3.8) is 0 Å². The summed E-state index contributed by atoms with van der Waals surface area (Å²) in [4.78, 5) is 26.7. The Morgan fingerprint density at radius 2 is 0.610 bits per heavy atom. The molecule has 0 aromatic heterocycles. The molecule has 0 heterocycles. The average molecular weight is 686 g/mol. The van der Waals surface area contributed by atoms with E-state index >= 15 is 0 Å². The van der Waals surface area contributed by atoms with Crippen molar-refractivity contribution >= 4 is 35.8 Å². The average Bonchev–Trinajstić information content (AvgIpc) is 2.96. The molecular weight excluding hydrogens is 615 g/mol. The Morgan fingerprint density at radius 1 is 0.366 bits per heavy atom. The fourth-order valence-electron chi connectivity index (χ4n) is 5.19. The van der Waals surface area contributed by atoms with E-state index in [1.165, 1.54) is 103 Å². The van der Waals surface area contributed by atoms with Gasteiger partial charge >= 0.3 is 35.8 Å². The zero-order chi connectivity index (χ0) is 29.5. The molecule has 0 unspecified atom stereocenters. The van der Waals surface area contributed by atoms with Crippen molar-refractivity contribution in [3.05, 3.63) is 11.1 Å². The van der Waals surface area contributed by atoms with Crippen LogP contribution in [-0.2, 0) is 19.1 Å². The number of carbonyl (C=O) groups excluding carboxylic acids is 2. The van der Waals surface area contributed by atoms with Gasteiger partial charge in [0.1, 0.15) is 0 Å². The third-order valence-electron chi connectivity index (χ3n) is 7.88. The van der Waals surface area contributed by atoms with Gasteiger partial charge in [0.15, 0.2) is 0 Å². The zero-order valence-corrected chi connectivity index (χ0v) is 32.2. The van der Waals surface area contributed by atoms with Gasteiger partial charge in [-0.1, -0.05) is 156 Å². The van der Waals surface area contributed by atoms with Crippen molar-refractivity contribution in [2.45, 2.75) is 195 Å². The summed E-state index contributed by atoms with van der Waals surface area (Å²) in [7, 11) is 0. The summed E-state index contributed by atoms with van der Waals surface area (Å²) >= 11 is 0. The van der Waals surface area contributed by atoms with Crippen molar-refractivity contribution in [1.29, 1.82) is 0 Å². The predicted octanol–water partition coefficient (Wildman–Crippen LogP) is 10.7. The van der Waals surface area contributed by atoms with E-state index in [2.05, 4.69) is 27.7 Å². The van der Waals surface area contributed by atoms with E-state index in [-0.39, 0.29) is 35.8 Å². The Morgan fingerprint density at radius 3 is 0.902 bits per heavy atom. The number of unbranched alkanes of at least 4 members (excludes halogenated alkanes) is 20. The van der Waals surface area contributed by atoms with E-state index < -0.39 is 0 Å². The van der Waals surface area contributed by atoms with Gasteiger partial charge in [0.25, 0.3) is 0 Å². The maximum atomic E-state index is 13.4. The fraction of sp³-hybridized carbons (Fsp3) is 0.889. The second-order valence-corrected chi connectivity index (χ2v) is 11.8. The van der Waals surface area contributed by atoms with Crippen molar-refractivity contribution in [3.8, 4) is 0 Å². The first-order chi connectivity index (χ1) is 19.6. The van der Waals surface area contributed by atoms with E-state index in [9.17, 15) is 9.59 Å². The second-order valence-electron chi connectivity index (χ2n) is 11.8. The minimum absolute atomic E-state index is 0. The van der Waals surface area contributed by atoms with Gasteiger partial charge in [-0.05, 0) is 38.5 Å². The van der Waals surface area contributed by atoms with Crippen LogP contribution in [0.5, 0.6) is 0 Å². The van der Waals surface area contributed by atoms with Crippen LogP contribution in [0.2, 0.25) is 0 Å². The normalized spacial score (nSPS) is 11.6. The summed E-state index contributed by atoms with van der Waals surface area (Å²) in [5.41, 5.74) is 1.20. The van der Waals surface area contributed by atoms with Crippen LogP contribution >= 0.6 is 0 Å². The Kier molecular flexibility index (Phi) is 35.3. The summed E-state index contributed by atoms with van der Waals surface area (Å²) < 4.78 is 11.5. The number of ether oxygens (including phenoxy) is 2. The summed E-state index contributed by atoms with van der Waals surface area (Å²) in [6.45, 7) is 9.80. The van der Waals surface area contributed by atoms with Gasteiger partial charge in [-0.15, -0.1) is 0 Å². The third kappa shape index (κ3) is 26.8. The van der Waals surface area contributed by atoms with Gasteiger partial charge in [-0.2, -0.15) is 0 Å². The van der Waals surface area contributed by atoms with Crippen LogP contribution < -0.4 is 0 Å². The predicted molar refractivity (Wildman–Crippen MR) is 180 cm³/mol. The molecule has 4 nitrogen and oxygen atoms in total. The topological polar surface area (TPSA) is 52.6 Å². The monoisotopic (exact) mass is 686 g/mol. The molecule has 0 atom stereocenters. The molecule has 2 radical (unpaired) electrons. The van der Waals surface area contributed by atoms with Gasteiger partial charge in [-0.25, -0.2) is 9.59 Å². The molecule has 5 heteroatoms. The van der Waals surface area contributed by atoms with Gasteiger partial charge in [-0.3, -0.25) is 0 Å². The summed E-state index contributed by atoms with van der Waals surface area (Å²) in [6, 6.07) is 0. The molecule has 0 aromatic rings. The second kappa shape index (κ2) is 34.0. The molecule has 0 saturated heterocycles. The van der Waals surface area contributed by atoms with Crippen LogP contribution in [0.25, 0.3) is 0 Å². The van der Waals surface area contributed by atoms with E-state index in [1.807, 2.05) is 0 Å². The summed E-state index contributed by atoms with van der Waals surface area (Å²) in [5, 5.41) is 0. The minimum atomic E-state index is -0.278. The number of hydrogen-bond acceptors (Lipinski definition) is 4.